The molecular formula is C19H22S2. The van der Waals surface area contributed by atoms with Gasteiger partial charge in [-0.25, -0.2) is 0 Å². The highest BCUT2D eigenvalue weighted by Gasteiger charge is 2.13. The van der Waals surface area contributed by atoms with Crippen molar-refractivity contribution in [3.8, 4) is 0 Å². The molecule has 0 aliphatic rings. The van der Waals surface area contributed by atoms with Crippen molar-refractivity contribution >= 4 is 28.2 Å². The molecule has 0 saturated heterocycles. The average Bonchev–Trinajstić information content (AvgIpc) is 2.32. The van der Waals surface area contributed by atoms with E-state index >= 15 is 0 Å². The van der Waals surface area contributed by atoms with Gasteiger partial charge >= 0.3 is 0 Å². The van der Waals surface area contributed by atoms with E-state index in [1.165, 1.54) is 43.8 Å². The first-order valence-corrected chi connectivity index (χ1v) is 8.40. The molecule has 0 bridgehead atoms. The van der Waals surface area contributed by atoms with Crippen molar-refractivity contribution in [2.75, 3.05) is 0 Å². The summed E-state index contributed by atoms with van der Waals surface area (Å²) in [6, 6.07) is 8.88. The fourth-order valence-corrected chi connectivity index (χ4v) is 4.59. The molecule has 0 heterocycles. The fraction of sp³-hybridized carbons (Fsp3) is 0.316. The van der Waals surface area contributed by atoms with Crippen LogP contribution in [-0.4, -0.2) is 4.20 Å². The number of benzene rings is 2. The molecule has 0 amide bonds. The predicted molar refractivity (Wildman–Crippen MR) is 98.9 cm³/mol. The molecule has 0 aliphatic heterocycles. The van der Waals surface area contributed by atoms with E-state index in [0.29, 0.717) is 0 Å². The van der Waals surface area contributed by atoms with Gasteiger partial charge in [0.25, 0.3) is 0 Å². The molecule has 2 aromatic carbocycles. The molecule has 2 rings (SSSR count). The lowest BCUT2D eigenvalue weighted by Crippen LogP contribution is -2.01. The summed E-state index contributed by atoms with van der Waals surface area (Å²) < 4.78 is 0.972. The topological polar surface area (TPSA) is 0 Å². The lowest BCUT2D eigenvalue weighted by molar-refractivity contribution is 1.19. The van der Waals surface area contributed by atoms with E-state index in [2.05, 4.69) is 65.8 Å². The van der Waals surface area contributed by atoms with Crippen LogP contribution in [0, 0.1) is 41.5 Å². The number of rotatable bonds is 2. The maximum atomic E-state index is 5.74. The van der Waals surface area contributed by atoms with Crippen molar-refractivity contribution in [3.05, 3.63) is 63.2 Å². The SMILES string of the molecule is Cc1cc(C)c(SC(=S)c2c(C)cc(C)cc2C)c(C)c1. The van der Waals surface area contributed by atoms with Crippen molar-refractivity contribution in [2.45, 2.75) is 46.4 Å². The number of hydrogen-bond acceptors (Lipinski definition) is 2. The van der Waals surface area contributed by atoms with Crippen LogP contribution in [0.2, 0.25) is 0 Å². The first kappa shape index (κ1) is 16.3. The second-order valence-electron chi connectivity index (χ2n) is 5.89. The molecule has 2 aromatic rings. The molecular weight excluding hydrogens is 292 g/mol. The largest absolute Gasteiger partial charge is 0.0831 e. The Bertz CT molecular complexity index is 665. The van der Waals surface area contributed by atoms with E-state index in [-0.39, 0.29) is 0 Å². The van der Waals surface area contributed by atoms with Crippen LogP contribution in [-0.2, 0) is 0 Å². The van der Waals surface area contributed by atoms with Crippen molar-refractivity contribution in [1.29, 1.82) is 0 Å². The van der Waals surface area contributed by atoms with Gasteiger partial charge in [-0.05, 0) is 63.8 Å². The smallest absolute Gasteiger partial charge is 0.0771 e. The first-order valence-electron chi connectivity index (χ1n) is 7.17. The molecule has 0 atom stereocenters. The molecule has 21 heavy (non-hydrogen) atoms. The minimum atomic E-state index is 0.972. The quantitative estimate of drug-likeness (QED) is 0.492. The third kappa shape index (κ3) is 3.56. The minimum absolute atomic E-state index is 0.972. The first-order chi connectivity index (χ1) is 9.79. The van der Waals surface area contributed by atoms with Crippen molar-refractivity contribution < 1.29 is 0 Å². The molecule has 0 saturated carbocycles. The highest BCUT2D eigenvalue weighted by Crippen LogP contribution is 2.33. The second kappa shape index (κ2) is 6.33. The van der Waals surface area contributed by atoms with Crippen molar-refractivity contribution in [3.63, 3.8) is 0 Å². The van der Waals surface area contributed by atoms with Gasteiger partial charge in [-0.15, -0.1) is 0 Å². The molecule has 0 spiro atoms. The van der Waals surface area contributed by atoms with Crippen LogP contribution in [0.5, 0.6) is 0 Å². The van der Waals surface area contributed by atoms with E-state index < -0.39 is 0 Å². The fourth-order valence-electron chi connectivity index (χ4n) is 2.97. The van der Waals surface area contributed by atoms with Gasteiger partial charge < -0.3 is 0 Å². The monoisotopic (exact) mass is 314 g/mol. The molecule has 110 valence electrons. The Morgan fingerprint density at radius 3 is 1.52 bits per heavy atom. The zero-order chi connectivity index (χ0) is 15.7. The number of aryl methyl sites for hydroxylation is 6. The van der Waals surface area contributed by atoms with Crippen molar-refractivity contribution in [1.82, 2.24) is 0 Å². The minimum Gasteiger partial charge on any atom is -0.0771 e. The summed E-state index contributed by atoms with van der Waals surface area (Å²) >= 11 is 7.46. The zero-order valence-corrected chi connectivity index (χ0v) is 15.3. The summed E-state index contributed by atoms with van der Waals surface area (Å²) in [6.45, 7) is 12.9. The van der Waals surface area contributed by atoms with E-state index in [0.717, 1.165) is 4.20 Å². The molecule has 0 fully saturated rings. The summed E-state index contributed by atoms with van der Waals surface area (Å²) in [4.78, 5) is 1.30. The molecule has 0 radical (unpaired) electrons. The maximum absolute atomic E-state index is 5.74. The van der Waals surface area contributed by atoms with Crippen LogP contribution in [0.25, 0.3) is 0 Å². The predicted octanol–water partition coefficient (Wildman–Crippen LogP) is 6.00. The van der Waals surface area contributed by atoms with E-state index in [1.54, 1.807) is 11.8 Å². The molecule has 2 heteroatoms. The highest BCUT2D eigenvalue weighted by molar-refractivity contribution is 8.23. The van der Waals surface area contributed by atoms with Gasteiger partial charge in [0.2, 0.25) is 0 Å². The van der Waals surface area contributed by atoms with Gasteiger partial charge in [0.15, 0.2) is 0 Å². The van der Waals surface area contributed by atoms with Gasteiger partial charge in [-0.2, -0.15) is 0 Å². The van der Waals surface area contributed by atoms with Crippen molar-refractivity contribution in [2.24, 2.45) is 0 Å². The Kier molecular flexibility index (Phi) is 4.90. The van der Waals surface area contributed by atoms with Gasteiger partial charge in [0, 0.05) is 10.5 Å². The number of thiocarbonyl (C=S) groups is 1. The van der Waals surface area contributed by atoms with E-state index in [4.69, 9.17) is 12.2 Å². The normalized spacial score (nSPS) is 10.8. The lowest BCUT2D eigenvalue weighted by atomic mass is 10.0. The third-order valence-electron chi connectivity index (χ3n) is 3.68. The Morgan fingerprint density at radius 2 is 1.10 bits per heavy atom. The van der Waals surface area contributed by atoms with E-state index in [9.17, 15) is 0 Å². The summed E-state index contributed by atoms with van der Waals surface area (Å²) in [6.07, 6.45) is 0. The van der Waals surface area contributed by atoms with Gasteiger partial charge in [-0.1, -0.05) is 59.4 Å². The summed E-state index contributed by atoms with van der Waals surface area (Å²) in [5.41, 5.74) is 8.98. The molecule has 0 aromatic heterocycles. The Balaban J connectivity index is 2.40. The van der Waals surface area contributed by atoms with E-state index in [1.807, 2.05) is 0 Å². The average molecular weight is 315 g/mol. The molecule has 0 N–H and O–H groups in total. The summed E-state index contributed by atoms with van der Waals surface area (Å²) in [7, 11) is 0. The Hall–Kier alpha value is -1.12. The summed E-state index contributed by atoms with van der Waals surface area (Å²) in [5, 5.41) is 0. The van der Waals surface area contributed by atoms with Crippen LogP contribution in [0.1, 0.15) is 38.9 Å². The van der Waals surface area contributed by atoms with Crippen LogP contribution >= 0.6 is 24.0 Å². The van der Waals surface area contributed by atoms with Gasteiger partial charge in [0.1, 0.15) is 0 Å². The van der Waals surface area contributed by atoms with Crippen LogP contribution in [0.3, 0.4) is 0 Å². The van der Waals surface area contributed by atoms with Gasteiger partial charge in [-0.3, -0.25) is 0 Å². The number of hydrogen-bond donors (Lipinski definition) is 0. The van der Waals surface area contributed by atoms with Gasteiger partial charge in [0.05, 0.1) is 4.20 Å². The highest BCUT2D eigenvalue weighted by atomic mass is 32.2. The number of thioether (sulfide) groups is 1. The summed E-state index contributed by atoms with van der Waals surface area (Å²) in [5.74, 6) is 0. The van der Waals surface area contributed by atoms with Crippen LogP contribution in [0.4, 0.5) is 0 Å². The lowest BCUT2D eigenvalue weighted by Gasteiger charge is -2.15. The second-order valence-corrected chi connectivity index (χ2v) is 7.58. The van der Waals surface area contributed by atoms with Crippen LogP contribution < -0.4 is 0 Å². The standard InChI is InChI=1S/C19H22S2/c1-11-7-13(3)17(14(4)8-11)19(20)21-18-15(5)9-12(2)10-16(18)6/h7-10H,1-6H3. The molecule has 0 unspecified atom stereocenters. The Labute approximate surface area is 138 Å². The van der Waals surface area contributed by atoms with Crippen LogP contribution in [0.15, 0.2) is 29.2 Å². The maximum Gasteiger partial charge on any atom is 0.0831 e. The Morgan fingerprint density at radius 1 is 0.714 bits per heavy atom. The molecule has 0 nitrogen and oxygen atoms in total. The third-order valence-corrected chi connectivity index (χ3v) is 5.37. The zero-order valence-electron chi connectivity index (χ0n) is 13.6. The molecule has 0 aliphatic carbocycles.